The van der Waals surface area contributed by atoms with E-state index in [0.717, 1.165) is 17.7 Å². The summed E-state index contributed by atoms with van der Waals surface area (Å²) in [5, 5.41) is 0. The molecule has 0 bridgehead atoms. The maximum Gasteiger partial charge on any atom is 0.130 e. The number of halogens is 1. The monoisotopic (exact) mass is 287 g/mol. The molecule has 112 valence electrons. The van der Waals surface area contributed by atoms with Crippen LogP contribution in [-0.2, 0) is 6.42 Å². The van der Waals surface area contributed by atoms with Crippen LogP contribution in [0.5, 0.6) is 11.5 Å². The van der Waals surface area contributed by atoms with E-state index in [1.165, 1.54) is 23.3 Å². The molecule has 0 aliphatic rings. The lowest BCUT2D eigenvalue weighted by Crippen LogP contribution is -2.21. The highest BCUT2D eigenvalue weighted by Crippen LogP contribution is 2.28. The summed E-state index contributed by atoms with van der Waals surface area (Å²) in [6.45, 7) is 6.12. The Kier molecular flexibility index (Phi) is 4.97. The summed E-state index contributed by atoms with van der Waals surface area (Å²) in [6.07, 6.45) is 1.45. The molecule has 21 heavy (non-hydrogen) atoms. The van der Waals surface area contributed by atoms with Gasteiger partial charge >= 0.3 is 0 Å². The Bertz CT molecular complexity index is 625. The summed E-state index contributed by atoms with van der Waals surface area (Å²) >= 11 is 0. The van der Waals surface area contributed by atoms with Gasteiger partial charge in [-0.1, -0.05) is 13.0 Å². The van der Waals surface area contributed by atoms with Crippen LogP contribution in [0.2, 0.25) is 0 Å². The van der Waals surface area contributed by atoms with Gasteiger partial charge in [0, 0.05) is 6.04 Å². The fourth-order valence-corrected chi connectivity index (χ4v) is 2.14. The van der Waals surface area contributed by atoms with E-state index in [-0.39, 0.29) is 11.9 Å². The molecule has 2 rings (SSSR count). The molecule has 0 amide bonds. The molecule has 0 heterocycles. The highest BCUT2D eigenvalue weighted by Gasteiger charge is 2.10. The zero-order chi connectivity index (χ0) is 15.4. The second-order valence-electron chi connectivity index (χ2n) is 5.47. The fourth-order valence-electron chi connectivity index (χ4n) is 2.14. The normalized spacial score (nSPS) is 12.2. The van der Waals surface area contributed by atoms with Crippen molar-refractivity contribution >= 4 is 0 Å². The summed E-state index contributed by atoms with van der Waals surface area (Å²) in [7, 11) is 0. The van der Waals surface area contributed by atoms with Gasteiger partial charge in [0.05, 0.1) is 0 Å². The number of hydrogen-bond acceptors (Lipinski definition) is 2. The van der Waals surface area contributed by atoms with Crippen molar-refractivity contribution in [3.05, 3.63) is 58.9 Å². The third kappa shape index (κ3) is 4.05. The minimum atomic E-state index is -0.263. The topological polar surface area (TPSA) is 35.2 Å². The first-order valence-corrected chi connectivity index (χ1v) is 7.28. The molecule has 0 aromatic heterocycles. The number of hydrogen-bond donors (Lipinski definition) is 1. The maximum absolute atomic E-state index is 13.5. The van der Waals surface area contributed by atoms with Crippen LogP contribution in [0.25, 0.3) is 0 Å². The average molecular weight is 287 g/mol. The largest absolute Gasteiger partial charge is 0.457 e. The van der Waals surface area contributed by atoms with Gasteiger partial charge < -0.3 is 10.5 Å². The lowest BCUT2D eigenvalue weighted by molar-refractivity contribution is 0.469. The molecule has 2 nitrogen and oxygen atoms in total. The van der Waals surface area contributed by atoms with Crippen LogP contribution < -0.4 is 10.5 Å². The summed E-state index contributed by atoms with van der Waals surface area (Å²) in [6, 6.07) is 10.5. The lowest BCUT2D eigenvalue weighted by Gasteiger charge is -2.15. The van der Waals surface area contributed by atoms with Crippen molar-refractivity contribution in [2.24, 2.45) is 5.73 Å². The van der Waals surface area contributed by atoms with E-state index in [9.17, 15) is 4.39 Å². The number of aryl methyl sites for hydroxylation is 2. The van der Waals surface area contributed by atoms with Gasteiger partial charge in [-0.05, 0) is 73.7 Å². The van der Waals surface area contributed by atoms with E-state index in [0.29, 0.717) is 12.2 Å². The molecule has 2 aromatic rings. The number of nitrogens with two attached hydrogens (primary N) is 1. The van der Waals surface area contributed by atoms with Crippen LogP contribution in [-0.4, -0.2) is 6.04 Å². The quantitative estimate of drug-likeness (QED) is 0.877. The minimum Gasteiger partial charge on any atom is -0.457 e. The van der Waals surface area contributed by atoms with Gasteiger partial charge in [0.15, 0.2) is 0 Å². The standard InChI is InChI=1S/C18H22FNO/c1-4-16(20)11-14-10-15(19)6-8-18(14)21-17-7-5-12(2)13(3)9-17/h5-10,16H,4,11,20H2,1-3H3. The van der Waals surface area contributed by atoms with Gasteiger partial charge in [-0.25, -0.2) is 4.39 Å². The smallest absolute Gasteiger partial charge is 0.130 e. The van der Waals surface area contributed by atoms with E-state index in [2.05, 4.69) is 6.92 Å². The van der Waals surface area contributed by atoms with Crippen molar-refractivity contribution in [2.45, 2.75) is 39.7 Å². The van der Waals surface area contributed by atoms with Crippen molar-refractivity contribution in [1.82, 2.24) is 0 Å². The average Bonchev–Trinajstić information content (AvgIpc) is 2.45. The van der Waals surface area contributed by atoms with Crippen molar-refractivity contribution in [3.8, 4) is 11.5 Å². The van der Waals surface area contributed by atoms with Gasteiger partial charge in [-0.2, -0.15) is 0 Å². The van der Waals surface area contributed by atoms with Crippen molar-refractivity contribution in [3.63, 3.8) is 0 Å². The van der Waals surface area contributed by atoms with Crippen LogP contribution in [0.15, 0.2) is 36.4 Å². The SMILES string of the molecule is CCC(N)Cc1cc(F)ccc1Oc1ccc(C)c(C)c1. The first-order chi connectivity index (χ1) is 9.99. The Balaban J connectivity index is 2.28. The number of rotatable bonds is 5. The van der Waals surface area contributed by atoms with Crippen LogP contribution in [0.4, 0.5) is 4.39 Å². The van der Waals surface area contributed by atoms with E-state index < -0.39 is 0 Å². The molecule has 0 saturated heterocycles. The summed E-state index contributed by atoms with van der Waals surface area (Å²) in [5.74, 6) is 1.17. The predicted octanol–water partition coefficient (Wildman–Crippen LogP) is 4.51. The Morgan fingerprint density at radius 2 is 1.86 bits per heavy atom. The first kappa shape index (κ1) is 15.5. The molecule has 0 aliphatic heterocycles. The van der Waals surface area contributed by atoms with Gasteiger partial charge in [0.1, 0.15) is 17.3 Å². The Hall–Kier alpha value is -1.87. The molecule has 0 saturated carbocycles. The van der Waals surface area contributed by atoms with E-state index >= 15 is 0 Å². The maximum atomic E-state index is 13.5. The summed E-state index contributed by atoms with van der Waals surface area (Å²) in [5.41, 5.74) is 9.18. The van der Waals surface area contributed by atoms with Crippen LogP contribution in [0.1, 0.15) is 30.0 Å². The lowest BCUT2D eigenvalue weighted by atomic mass is 10.0. The predicted molar refractivity (Wildman–Crippen MR) is 84.4 cm³/mol. The van der Waals surface area contributed by atoms with Gasteiger partial charge in [-0.3, -0.25) is 0 Å². The van der Waals surface area contributed by atoms with Gasteiger partial charge in [-0.15, -0.1) is 0 Å². The molecule has 1 unspecified atom stereocenters. The van der Waals surface area contributed by atoms with E-state index in [1.807, 2.05) is 32.0 Å². The third-order valence-corrected chi connectivity index (χ3v) is 3.74. The van der Waals surface area contributed by atoms with Crippen molar-refractivity contribution < 1.29 is 9.13 Å². The fraction of sp³-hybridized carbons (Fsp3) is 0.333. The van der Waals surface area contributed by atoms with E-state index in [4.69, 9.17) is 10.5 Å². The summed E-state index contributed by atoms with van der Waals surface area (Å²) < 4.78 is 19.4. The second kappa shape index (κ2) is 6.72. The molecule has 3 heteroatoms. The van der Waals surface area contributed by atoms with Crippen LogP contribution in [0, 0.1) is 19.7 Å². The molecular formula is C18H22FNO. The van der Waals surface area contributed by atoms with E-state index in [1.54, 1.807) is 6.07 Å². The molecule has 2 aromatic carbocycles. The molecule has 0 radical (unpaired) electrons. The van der Waals surface area contributed by atoms with Gasteiger partial charge in [0.25, 0.3) is 0 Å². The zero-order valence-electron chi connectivity index (χ0n) is 12.8. The molecule has 0 spiro atoms. The molecule has 1 atom stereocenters. The van der Waals surface area contributed by atoms with Crippen molar-refractivity contribution in [1.29, 1.82) is 0 Å². The Morgan fingerprint density at radius 3 is 2.52 bits per heavy atom. The van der Waals surface area contributed by atoms with Gasteiger partial charge in [0.2, 0.25) is 0 Å². The molecule has 0 fully saturated rings. The second-order valence-corrected chi connectivity index (χ2v) is 5.47. The van der Waals surface area contributed by atoms with Crippen LogP contribution in [0.3, 0.4) is 0 Å². The minimum absolute atomic E-state index is 0.00824. The van der Waals surface area contributed by atoms with Crippen molar-refractivity contribution in [2.75, 3.05) is 0 Å². The number of ether oxygens (including phenoxy) is 1. The first-order valence-electron chi connectivity index (χ1n) is 7.28. The highest BCUT2D eigenvalue weighted by atomic mass is 19.1. The number of benzene rings is 2. The zero-order valence-corrected chi connectivity index (χ0v) is 12.8. The Morgan fingerprint density at radius 1 is 1.10 bits per heavy atom. The highest BCUT2D eigenvalue weighted by molar-refractivity contribution is 5.41. The summed E-state index contributed by atoms with van der Waals surface area (Å²) in [4.78, 5) is 0. The molecule has 2 N–H and O–H groups in total. The third-order valence-electron chi connectivity index (χ3n) is 3.74. The Labute approximate surface area is 125 Å². The molecule has 0 aliphatic carbocycles. The molecular weight excluding hydrogens is 265 g/mol. The van der Waals surface area contributed by atoms with Crippen LogP contribution >= 0.6 is 0 Å².